The molecule has 0 fully saturated rings. The Bertz CT molecular complexity index is 504. The third kappa shape index (κ3) is 5.50. The van der Waals surface area contributed by atoms with Crippen LogP contribution in [0.25, 0.3) is 0 Å². The molecule has 0 aliphatic carbocycles. The van der Waals surface area contributed by atoms with Crippen LogP contribution in [0.1, 0.15) is 38.9 Å². The summed E-state index contributed by atoms with van der Waals surface area (Å²) in [6, 6.07) is 7.02. The topological polar surface area (TPSA) is 76.0 Å². The highest BCUT2D eigenvalue weighted by Gasteiger charge is 2.14. The Kier molecular flexibility index (Phi) is 7.63. The Morgan fingerprint density at radius 1 is 1.23 bits per heavy atom. The van der Waals surface area contributed by atoms with Crippen LogP contribution in [0.3, 0.4) is 0 Å². The molecule has 0 heterocycles. The van der Waals surface area contributed by atoms with E-state index in [-0.39, 0.29) is 19.2 Å². The van der Waals surface area contributed by atoms with Crippen molar-refractivity contribution in [2.24, 2.45) is 0 Å². The minimum atomic E-state index is -0.698. The molecule has 1 atom stereocenters. The first-order valence-corrected chi connectivity index (χ1v) is 7.34. The number of benzene rings is 1. The minimum absolute atomic E-state index is 0.0402. The summed E-state index contributed by atoms with van der Waals surface area (Å²) in [5.74, 6) is 0.292. The van der Waals surface area contributed by atoms with E-state index in [4.69, 9.17) is 14.6 Å². The molecule has 1 aromatic carbocycles. The van der Waals surface area contributed by atoms with Gasteiger partial charge in [0.15, 0.2) is 0 Å². The van der Waals surface area contributed by atoms with Gasteiger partial charge >= 0.3 is 5.97 Å². The van der Waals surface area contributed by atoms with Crippen molar-refractivity contribution in [3.63, 3.8) is 0 Å². The van der Waals surface area contributed by atoms with Gasteiger partial charge < -0.3 is 19.7 Å². The zero-order chi connectivity index (χ0) is 16.5. The highest BCUT2D eigenvalue weighted by atomic mass is 16.5. The quantitative estimate of drug-likeness (QED) is 0.569. The fraction of sp³-hybridized carbons (Fsp3) is 0.471. The number of rotatable bonds is 8. The van der Waals surface area contributed by atoms with Gasteiger partial charge in [-0.1, -0.05) is 17.7 Å². The Morgan fingerprint density at radius 3 is 2.41 bits per heavy atom. The third-order valence-corrected chi connectivity index (χ3v) is 3.35. The molecule has 0 radical (unpaired) electrons. The number of aliphatic hydroxyl groups is 2. The maximum atomic E-state index is 11.6. The summed E-state index contributed by atoms with van der Waals surface area (Å²) in [6.07, 6.45) is -0.335. The van der Waals surface area contributed by atoms with Crippen LogP contribution in [-0.4, -0.2) is 36.0 Å². The fourth-order valence-corrected chi connectivity index (χ4v) is 1.92. The van der Waals surface area contributed by atoms with E-state index in [0.29, 0.717) is 24.4 Å². The van der Waals surface area contributed by atoms with Crippen molar-refractivity contribution >= 4 is 5.97 Å². The molecule has 1 rings (SSSR count). The molecular formula is C17H24O5. The lowest BCUT2D eigenvalue weighted by Crippen LogP contribution is -2.08. The molecule has 0 aliphatic rings. The van der Waals surface area contributed by atoms with Crippen molar-refractivity contribution in [3.8, 4) is 5.75 Å². The average molecular weight is 308 g/mol. The number of hydrogen-bond donors (Lipinski definition) is 2. The molecule has 5 heteroatoms. The summed E-state index contributed by atoms with van der Waals surface area (Å²) < 4.78 is 10.2. The summed E-state index contributed by atoms with van der Waals surface area (Å²) in [6.45, 7) is 5.81. The first kappa shape index (κ1) is 18.2. The predicted octanol–water partition coefficient (Wildman–Crippen LogP) is 2.38. The maximum absolute atomic E-state index is 11.6. The second kappa shape index (κ2) is 9.23. The Balaban J connectivity index is 2.69. The summed E-state index contributed by atoms with van der Waals surface area (Å²) >= 11 is 0. The lowest BCUT2D eigenvalue weighted by Gasteiger charge is -2.14. The van der Waals surface area contributed by atoms with Crippen LogP contribution in [0.2, 0.25) is 0 Å². The summed E-state index contributed by atoms with van der Waals surface area (Å²) in [5.41, 5.74) is 2.07. The maximum Gasteiger partial charge on any atom is 0.333 e. The van der Waals surface area contributed by atoms with E-state index in [1.165, 1.54) is 0 Å². The van der Waals surface area contributed by atoms with E-state index >= 15 is 0 Å². The van der Waals surface area contributed by atoms with Crippen molar-refractivity contribution in [1.29, 1.82) is 0 Å². The van der Waals surface area contributed by atoms with Gasteiger partial charge in [0, 0.05) is 5.57 Å². The lowest BCUT2D eigenvalue weighted by molar-refractivity contribution is -0.138. The zero-order valence-corrected chi connectivity index (χ0v) is 13.3. The molecule has 2 N–H and O–H groups in total. The second-order valence-electron chi connectivity index (χ2n) is 4.99. The van der Waals surface area contributed by atoms with Gasteiger partial charge in [-0.25, -0.2) is 4.79 Å². The molecule has 122 valence electrons. The molecule has 22 heavy (non-hydrogen) atoms. The second-order valence-corrected chi connectivity index (χ2v) is 4.99. The molecule has 0 aromatic heterocycles. The smallest absolute Gasteiger partial charge is 0.333 e. The zero-order valence-electron chi connectivity index (χ0n) is 13.3. The highest BCUT2D eigenvalue weighted by molar-refractivity contribution is 5.88. The van der Waals surface area contributed by atoms with Crippen molar-refractivity contribution < 1.29 is 24.5 Å². The number of carbonyl (C=O) groups excluding carboxylic acids is 1. The van der Waals surface area contributed by atoms with Gasteiger partial charge in [0.05, 0.1) is 19.3 Å². The van der Waals surface area contributed by atoms with Crippen LogP contribution in [-0.2, 0) is 9.53 Å². The van der Waals surface area contributed by atoms with Crippen molar-refractivity contribution in [3.05, 3.63) is 41.0 Å². The van der Waals surface area contributed by atoms with E-state index < -0.39 is 6.10 Å². The number of ether oxygens (including phenoxy) is 2. The standard InChI is InChI=1S/C17H24O5/c1-4-21-17(20)13(3)12(2)11-16(19)14-5-7-15(8-6-14)22-10-9-18/h5-8,16,18-19H,4,9-11H2,1-3H3/b13-12+/t16-/m1/s1. The molecule has 0 spiro atoms. The van der Waals surface area contributed by atoms with Crippen molar-refractivity contribution in [2.45, 2.75) is 33.3 Å². The van der Waals surface area contributed by atoms with E-state index in [2.05, 4.69) is 0 Å². The van der Waals surface area contributed by atoms with Crippen LogP contribution >= 0.6 is 0 Å². The SMILES string of the molecule is CCOC(=O)/C(C)=C(\C)C[C@@H](O)c1ccc(OCCO)cc1. The fourth-order valence-electron chi connectivity index (χ4n) is 1.92. The van der Waals surface area contributed by atoms with E-state index in [9.17, 15) is 9.90 Å². The van der Waals surface area contributed by atoms with E-state index in [1.807, 2.05) is 6.92 Å². The molecule has 0 bridgehead atoms. The molecular weight excluding hydrogens is 284 g/mol. The largest absolute Gasteiger partial charge is 0.491 e. The van der Waals surface area contributed by atoms with E-state index in [0.717, 1.165) is 11.1 Å². The summed E-state index contributed by atoms with van der Waals surface area (Å²) in [5, 5.41) is 18.9. The van der Waals surface area contributed by atoms with Crippen LogP contribution < -0.4 is 4.74 Å². The Hall–Kier alpha value is -1.85. The van der Waals surface area contributed by atoms with Crippen molar-refractivity contribution in [2.75, 3.05) is 19.8 Å². The van der Waals surface area contributed by atoms with Crippen molar-refractivity contribution in [1.82, 2.24) is 0 Å². The highest BCUT2D eigenvalue weighted by Crippen LogP contribution is 2.24. The molecule has 0 saturated heterocycles. The van der Waals surface area contributed by atoms with E-state index in [1.54, 1.807) is 38.1 Å². The summed E-state index contributed by atoms with van der Waals surface area (Å²) in [7, 11) is 0. The monoisotopic (exact) mass is 308 g/mol. The van der Waals surface area contributed by atoms with Gasteiger partial charge in [-0.2, -0.15) is 0 Å². The minimum Gasteiger partial charge on any atom is -0.491 e. The first-order valence-electron chi connectivity index (χ1n) is 7.34. The lowest BCUT2D eigenvalue weighted by atomic mass is 9.99. The number of aliphatic hydroxyl groups excluding tert-OH is 2. The summed E-state index contributed by atoms with van der Waals surface area (Å²) in [4.78, 5) is 11.6. The number of carbonyl (C=O) groups is 1. The Morgan fingerprint density at radius 2 is 1.86 bits per heavy atom. The molecule has 5 nitrogen and oxygen atoms in total. The number of esters is 1. The average Bonchev–Trinajstić information content (AvgIpc) is 2.52. The van der Waals surface area contributed by atoms with Crippen LogP contribution in [0.15, 0.2) is 35.4 Å². The number of hydrogen-bond acceptors (Lipinski definition) is 5. The van der Waals surface area contributed by atoms with Gasteiger partial charge in [0.25, 0.3) is 0 Å². The van der Waals surface area contributed by atoms with Gasteiger partial charge in [0.2, 0.25) is 0 Å². The molecule has 0 saturated carbocycles. The third-order valence-electron chi connectivity index (χ3n) is 3.35. The van der Waals surface area contributed by atoms with Gasteiger partial charge in [0.1, 0.15) is 12.4 Å². The molecule has 0 aliphatic heterocycles. The van der Waals surface area contributed by atoms with Gasteiger partial charge in [-0.05, 0) is 44.9 Å². The van der Waals surface area contributed by atoms with Crippen LogP contribution in [0, 0.1) is 0 Å². The van der Waals surface area contributed by atoms with Gasteiger partial charge in [-0.15, -0.1) is 0 Å². The molecule has 0 amide bonds. The molecule has 1 aromatic rings. The Labute approximate surface area is 131 Å². The van der Waals surface area contributed by atoms with Gasteiger partial charge in [-0.3, -0.25) is 0 Å². The predicted molar refractivity (Wildman–Crippen MR) is 83.6 cm³/mol. The van der Waals surface area contributed by atoms with Crippen LogP contribution in [0.5, 0.6) is 5.75 Å². The molecule has 0 unspecified atom stereocenters. The normalized spacial score (nSPS) is 13.3. The van der Waals surface area contributed by atoms with Crippen LogP contribution in [0.4, 0.5) is 0 Å². The first-order chi connectivity index (χ1) is 10.5.